The van der Waals surface area contributed by atoms with Gasteiger partial charge in [0.25, 0.3) is 5.91 Å². The first-order valence-electron chi connectivity index (χ1n) is 8.06. The molecule has 1 aromatic heterocycles. The molecule has 2 heterocycles. The van der Waals surface area contributed by atoms with Crippen LogP contribution in [0.5, 0.6) is 0 Å². The molecule has 1 aliphatic rings. The highest BCUT2D eigenvalue weighted by molar-refractivity contribution is 7.80. The largest absolute Gasteiger partial charge is 0.348 e. The Balaban J connectivity index is 0.000000924. The minimum absolute atomic E-state index is 0.0999. The molecule has 0 saturated carbocycles. The zero-order chi connectivity index (χ0) is 16.7. The lowest BCUT2D eigenvalue weighted by atomic mass is 10.3. The third-order valence-corrected chi connectivity index (χ3v) is 3.83. The van der Waals surface area contributed by atoms with Crippen molar-refractivity contribution >= 4 is 29.6 Å². The van der Waals surface area contributed by atoms with Gasteiger partial charge in [0.2, 0.25) is 5.82 Å². The average molecular weight is 333 g/mol. The van der Waals surface area contributed by atoms with Crippen LogP contribution in [0.4, 0.5) is 0 Å². The SMILES string of the molecule is CC.O=C(NCCN1CCCC1)c1nnc2ccc(S)cc2n1. The van der Waals surface area contributed by atoms with Crippen LogP contribution in [0.2, 0.25) is 0 Å². The second-order valence-electron chi connectivity index (χ2n) is 5.11. The maximum Gasteiger partial charge on any atom is 0.291 e. The number of fused-ring (bicyclic) bond motifs is 1. The minimum Gasteiger partial charge on any atom is -0.348 e. The molecular formula is C16H23N5OS. The van der Waals surface area contributed by atoms with E-state index in [-0.39, 0.29) is 11.7 Å². The van der Waals surface area contributed by atoms with Gasteiger partial charge >= 0.3 is 0 Å². The lowest BCUT2D eigenvalue weighted by molar-refractivity contribution is 0.0938. The summed E-state index contributed by atoms with van der Waals surface area (Å²) < 4.78 is 0. The summed E-state index contributed by atoms with van der Waals surface area (Å²) in [6.45, 7) is 7.71. The summed E-state index contributed by atoms with van der Waals surface area (Å²) in [5, 5.41) is 10.7. The number of carbonyl (C=O) groups is 1. The van der Waals surface area contributed by atoms with Crippen molar-refractivity contribution in [3.8, 4) is 0 Å². The number of amides is 1. The molecule has 23 heavy (non-hydrogen) atoms. The molecule has 2 aromatic rings. The Bertz CT molecular complexity index is 658. The van der Waals surface area contributed by atoms with E-state index in [2.05, 4.69) is 38.0 Å². The third kappa shape index (κ3) is 4.87. The fourth-order valence-electron chi connectivity index (χ4n) is 2.43. The van der Waals surface area contributed by atoms with Crippen molar-refractivity contribution in [3.63, 3.8) is 0 Å². The third-order valence-electron chi connectivity index (χ3n) is 3.55. The van der Waals surface area contributed by atoms with E-state index in [9.17, 15) is 4.79 Å². The van der Waals surface area contributed by atoms with Crippen LogP contribution in [0.15, 0.2) is 23.1 Å². The number of hydrogen-bond acceptors (Lipinski definition) is 6. The minimum atomic E-state index is -0.284. The van der Waals surface area contributed by atoms with Gasteiger partial charge in [0.15, 0.2) is 0 Å². The molecule has 7 heteroatoms. The van der Waals surface area contributed by atoms with E-state index in [4.69, 9.17) is 0 Å². The van der Waals surface area contributed by atoms with E-state index in [0.29, 0.717) is 17.6 Å². The highest BCUT2D eigenvalue weighted by Gasteiger charge is 2.13. The average Bonchev–Trinajstić information content (AvgIpc) is 3.09. The zero-order valence-electron chi connectivity index (χ0n) is 13.6. The molecule has 0 unspecified atom stereocenters. The first-order chi connectivity index (χ1) is 11.2. The molecule has 1 fully saturated rings. The maximum absolute atomic E-state index is 12.0. The zero-order valence-corrected chi connectivity index (χ0v) is 14.5. The molecule has 3 rings (SSSR count). The van der Waals surface area contributed by atoms with E-state index >= 15 is 0 Å². The second-order valence-corrected chi connectivity index (χ2v) is 5.63. The van der Waals surface area contributed by atoms with Gasteiger partial charge in [-0.2, -0.15) is 0 Å². The van der Waals surface area contributed by atoms with Crippen LogP contribution in [-0.4, -0.2) is 52.2 Å². The van der Waals surface area contributed by atoms with Gasteiger partial charge in [0.05, 0.1) is 5.52 Å². The molecule has 0 atom stereocenters. The predicted octanol–water partition coefficient (Wildman–Crippen LogP) is 2.17. The van der Waals surface area contributed by atoms with Gasteiger partial charge in [-0.25, -0.2) is 4.98 Å². The summed E-state index contributed by atoms with van der Waals surface area (Å²) in [7, 11) is 0. The number of carbonyl (C=O) groups excluding carboxylic acids is 1. The Morgan fingerprint density at radius 3 is 2.70 bits per heavy atom. The molecule has 6 nitrogen and oxygen atoms in total. The molecule has 1 amide bonds. The second kappa shape index (κ2) is 8.79. The topological polar surface area (TPSA) is 71.0 Å². The molecular weight excluding hydrogens is 310 g/mol. The van der Waals surface area contributed by atoms with Gasteiger partial charge in [-0.05, 0) is 44.1 Å². The summed E-state index contributed by atoms with van der Waals surface area (Å²) in [5.74, 6) is -0.184. The van der Waals surface area contributed by atoms with Crippen LogP contribution in [0.1, 0.15) is 37.3 Å². The quantitative estimate of drug-likeness (QED) is 0.839. The van der Waals surface area contributed by atoms with Gasteiger partial charge in [-0.15, -0.1) is 22.8 Å². The fourth-order valence-corrected chi connectivity index (χ4v) is 2.63. The number of aromatic nitrogens is 3. The van der Waals surface area contributed by atoms with Crippen molar-refractivity contribution in [3.05, 3.63) is 24.0 Å². The molecule has 1 saturated heterocycles. The van der Waals surface area contributed by atoms with Crippen LogP contribution >= 0.6 is 12.6 Å². The lowest BCUT2D eigenvalue weighted by Crippen LogP contribution is -2.34. The highest BCUT2D eigenvalue weighted by atomic mass is 32.1. The van der Waals surface area contributed by atoms with Gasteiger partial charge in [0.1, 0.15) is 5.52 Å². The summed E-state index contributed by atoms with van der Waals surface area (Å²) in [4.78, 5) is 19.4. The summed E-state index contributed by atoms with van der Waals surface area (Å²) in [5.41, 5.74) is 1.28. The normalized spacial score (nSPS) is 14.4. The molecule has 1 N–H and O–H groups in total. The van der Waals surface area contributed by atoms with Crippen LogP contribution < -0.4 is 5.32 Å². The molecule has 0 spiro atoms. The predicted molar refractivity (Wildman–Crippen MR) is 93.9 cm³/mol. The molecule has 1 aromatic carbocycles. The van der Waals surface area contributed by atoms with Gasteiger partial charge in [-0.1, -0.05) is 13.8 Å². The molecule has 0 radical (unpaired) electrons. The van der Waals surface area contributed by atoms with Crippen LogP contribution in [-0.2, 0) is 0 Å². The van der Waals surface area contributed by atoms with Crippen LogP contribution in [0.25, 0.3) is 11.0 Å². The number of thiol groups is 1. The summed E-state index contributed by atoms with van der Waals surface area (Å²) in [6.07, 6.45) is 2.50. The lowest BCUT2D eigenvalue weighted by Gasteiger charge is -2.14. The standard InChI is InChI=1S/C14H17N5OS.C2H6/c20-14(15-5-8-19-6-1-2-7-19)13-16-12-9-10(21)3-4-11(12)17-18-13;1-2/h3-4,9,21H,1-2,5-8H2,(H,15,20);1-2H3. The first-order valence-corrected chi connectivity index (χ1v) is 8.51. The maximum atomic E-state index is 12.0. The van der Waals surface area contributed by atoms with Crippen molar-refractivity contribution < 1.29 is 4.79 Å². The van der Waals surface area contributed by atoms with E-state index in [1.54, 1.807) is 12.1 Å². The Labute approximate surface area is 142 Å². The van der Waals surface area contributed by atoms with Crippen molar-refractivity contribution in [1.82, 2.24) is 25.4 Å². The molecule has 1 aliphatic heterocycles. The monoisotopic (exact) mass is 333 g/mol. The van der Waals surface area contributed by atoms with Crippen molar-refractivity contribution in [2.45, 2.75) is 31.6 Å². The number of nitrogens with zero attached hydrogens (tertiary/aromatic N) is 4. The Morgan fingerprint density at radius 1 is 1.22 bits per heavy atom. The smallest absolute Gasteiger partial charge is 0.291 e. The van der Waals surface area contributed by atoms with E-state index in [0.717, 1.165) is 24.5 Å². The van der Waals surface area contributed by atoms with Gasteiger partial charge in [-0.3, -0.25) is 4.79 Å². The molecule has 124 valence electrons. The molecule has 0 aliphatic carbocycles. The van der Waals surface area contributed by atoms with Crippen LogP contribution in [0.3, 0.4) is 0 Å². The van der Waals surface area contributed by atoms with E-state index < -0.39 is 0 Å². The van der Waals surface area contributed by atoms with Gasteiger partial charge in [0, 0.05) is 18.0 Å². The number of nitrogens with one attached hydrogen (secondary N) is 1. The highest BCUT2D eigenvalue weighted by Crippen LogP contribution is 2.13. The Morgan fingerprint density at radius 2 is 1.96 bits per heavy atom. The number of hydrogen-bond donors (Lipinski definition) is 2. The Hall–Kier alpha value is -1.73. The summed E-state index contributed by atoms with van der Waals surface area (Å²) in [6, 6.07) is 5.37. The summed E-state index contributed by atoms with van der Waals surface area (Å²) >= 11 is 4.26. The number of rotatable bonds is 4. The fraction of sp³-hybridized carbons (Fsp3) is 0.500. The van der Waals surface area contributed by atoms with E-state index in [1.807, 2.05) is 19.9 Å². The van der Waals surface area contributed by atoms with E-state index in [1.165, 1.54) is 12.8 Å². The number of benzene rings is 1. The van der Waals surface area contributed by atoms with Crippen molar-refractivity contribution in [2.75, 3.05) is 26.2 Å². The Kier molecular flexibility index (Phi) is 6.73. The van der Waals surface area contributed by atoms with Crippen LogP contribution in [0, 0.1) is 0 Å². The first kappa shape index (κ1) is 17.6. The molecule has 0 bridgehead atoms. The van der Waals surface area contributed by atoms with Crippen molar-refractivity contribution in [1.29, 1.82) is 0 Å². The van der Waals surface area contributed by atoms with Gasteiger partial charge < -0.3 is 10.2 Å². The number of likely N-dealkylation sites (tertiary alicyclic amines) is 1. The van der Waals surface area contributed by atoms with Crippen molar-refractivity contribution in [2.24, 2.45) is 0 Å².